The topological polar surface area (TPSA) is 117 Å². The van der Waals surface area contributed by atoms with E-state index in [1.54, 1.807) is 99.6 Å². The van der Waals surface area contributed by atoms with Crippen molar-refractivity contribution in [3.05, 3.63) is 102 Å². The number of anilines is 1. The van der Waals surface area contributed by atoms with Crippen LogP contribution in [0.4, 0.5) is 10.5 Å². The van der Waals surface area contributed by atoms with Gasteiger partial charge in [-0.05, 0) is 56.2 Å². The van der Waals surface area contributed by atoms with Gasteiger partial charge in [-0.2, -0.15) is 0 Å². The number of benzene rings is 3. The molecule has 8 heteroatoms. The van der Waals surface area contributed by atoms with Crippen LogP contribution in [0.5, 0.6) is 0 Å². The first kappa shape index (κ1) is 26.4. The van der Waals surface area contributed by atoms with Crippen LogP contribution in [0.2, 0.25) is 0 Å². The van der Waals surface area contributed by atoms with Crippen molar-refractivity contribution in [1.82, 2.24) is 10.6 Å². The number of hydrogen-bond acceptors (Lipinski definition) is 5. The monoisotopic (exact) mass is 489 g/mol. The van der Waals surface area contributed by atoms with Gasteiger partial charge in [0.05, 0.1) is 6.04 Å². The second-order valence-electron chi connectivity index (χ2n) is 9.21. The van der Waals surface area contributed by atoms with Gasteiger partial charge in [-0.1, -0.05) is 60.7 Å². The number of carbonyl (C=O) groups is 3. The average molecular weight is 490 g/mol. The molecule has 0 saturated carbocycles. The smallest absolute Gasteiger partial charge is 0.407 e. The normalized spacial score (nSPS) is 12.7. The van der Waals surface area contributed by atoms with E-state index in [4.69, 9.17) is 4.74 Å². The molecule has 0 saturated heterocycles. The fourth-order valence-electron chi connectivity index (χ4n) is 3.38. The summed E-state index contributed by atoms with van der Waals surface area (Å²) in [5.74, 6) is -1.07. The van der Waals surface area contributed by atoms with Crippen LogP contribution in [0.25, 0.3) is 0 Å². The number of alkyl carbamates (subject to hydrolysis) is 1. The van der Waals surface area contributed by atoms with E-state index in [-0.39, 0.29) is 6.54 Å². The molecule has 188 valence electrons. The van der Waals surface area contributed by atoms with E-state index < -0.39 is 35.7 Å². The van der Waals surface area contributed by atoms with Gasteiger partial charge in [0.15, 0.2) is 6.10 Å². The van der Waals surface area contributed by atoms with Gasteiger partial charge in [0.2, 0.25) is 0 Å². The molecule has 0 spiro atoms. The first-order valence-corrected chi connectivity index (χ1v) is 11.6. The van der Waals surface area contributed by atoms with Crippen molar-refractivity contribution in [2.75, 3.05) is 5.32 Å². The van der Waals surface area contributed by atoms with Crippen LogP contribution in [0.15, 0.2) is 84.9 Å². The summed E-state index contributed by atoms with van der Waals surface area (Å²) in [6.45, 7) is 5.61. The van der Waals surface area contributed by atoms with E-state index in [9.17, 15) is 19.5 Å². The molecule has 3 rings (SSSR count). The number of rotatable bonds is 8. The highest BCUT2D eigenvalue weighted by atomic mass is 16.6. The maximum atomic E-state index is 12.9. The van der Waals surface area contributed by atoms with Gasteiger partial charge in [0.1, 0.15) is 5.60 Å². The minimum absolute atomic E-state index is 0.257. The first-order chi connectivity index (χ1) is 17.1. The zero-order chi connectivity index (χ0) is 26.1. The van der Waals surface area contributed by atoms with E-state index >= 15 is 0 Å². The average Bonchev–Trinajstić information content (AvgIpc) is 2.86. The molecule has 3 amide bonds. The molecule has 0 aliphatic rings. The number of carbonyl (C=O) groups excluding carboxylic acids is 3. The Bertz CT molecular complexity index is 1160. The van der Waals surface area contributed by atoms with Crippen LogP contribution in [0.1, 0.15) is 48.3 Å². The van der Waals surface area contributed by atoms with Crippen molar-refractivity contribution in [3.63, 3.8) is 0 Å². The van der Waals surface area contributed by atoms with Crippen LogP contribution < -0.4 is 16.0 Å². The summed E-state index contributed by atoms with van der Waals surface area (Å²) in [4.78, 5) is 37.5. The Morgan fingerprint density at radius 3 is 2.03 bits per heavy atom. The third-order valence-corrected chi connectivity index (χ3v) is 5.12. The Labute approximate surface area is 210 Å². The summed E-state index contributed by atoms with van der Waals surface area (Å²) in [5.41, 5.74) is 1.68. The second-order valence-corrected chi connectivity index (χ2v) is 9.21. The van der Waals surface area contributed by atoms with Crippen molar-refractivity contribution in [2.24, 2.45) is 0 Å². The number of nitrogens with one attached hydrogen (secondary N) is 3. The molecule has 3 aromatic carbocycles. The SMILES string of the molecule is CC(C)(C)OC(=O)NCc1ccc(NC(=O)[C@H](O)[C@@H](NC(=O)c2ccccc2)c2ccccc2)cc1. The third kappa shape index (κ3) is 7.95. The summed E-state index contributed by atoms with van der Waals surface area (Å²) in [6.07, 6.45) is -2.07. The fourth-order valence-corrected chi connectivity index (χ4v) is 3.38. The Morgan fingerprint density at radius 2 is 1.44 bits per heavy atom. The molecule has 0 heterocycles. The second kappa shape index (κ2) is 12.0. The Morgan fingerprint density at radius 1 is 0.861 bits per heavy atom. The number of amides is 3. The quantitative estimate of drug-likeness (QED) is 0.379. The van der Waals surface area contributed by atoms with Crippen molar-refractivity contribution in [1.29, 1.82) is 0 Å². The lowest BCUT2D eigenvalue weighted by Gasteiger charge is -2.24. The Kier molecular flexibility index (Phi) is 8.81. The van der Waals surface area contributed by atoms with E-state index in [1.165, 1.54) is 0 Å². The molecule has 0 aromatic heterocycles. The van der Waals surface area contributed by atoms with Crippen LogP contribution in [-0.4, -0.2) is 34.7 Å². The van der Waals surface area contributed by atoms with Gasteiger partial charge >= 0.3 is 6.09 Å². The highest BCUT2D eigenvalue weighted by molar-refractivity contribution is 5.97. The summed E-state index contributed by atoms with van der Waals surface area (Å²) >= 11 is 0. The van der Waals surface area contributed by atoms with Gasteiger partial charge in [-0.15, -0.1) is 0 Å². The highest BCUT2D eigenvalue weighted by Gasteiger charge is 2.29. The first-order valence-electron chi connectivity index (χ1n) is 11.6. The zero-order valence-corrected chi connectivity index (χ0v) is 20.5. The minimum Gasteiger partial charge on any atom is -0.444 e. The summed E-state index contributed by atoms with van der Waals surface area (Å²) in [6, 6.07) is 23.3. The zero-order valence-electron chi connectivity index (χ0n) is 20.5. The largest absolute Gasteiger partial charge is 0.444 e. The van der Waals surface area contributed by atoms with E-state index in [0.717, 1.165) is 5.56 Å². The maximum Gasteiger partial charge on any atom is 0.407 e. The summed E-state index contributed by atoms with van der Waals surface area (Å²) in [7, 11) is 0. The third-order valence-electron chi connectivity index (χ3n) is 5.12. The number of ether oxygens (including phenoxy) is 1. The standard InChI is InChI=1S/C28H31N3O5/c1-28(2,3)36-27(35)29-18-19-14-16-22(17-15-19)30-26(34)24(32)23(20-10-6-4-7-11-20)31-25(33)21-12-8-5-9-13-21/h4-17,23-24,32H,18H2,1-3H3,(H,29,35)(H,30,34)(H,31,33)/t23-,24+/m0/s1. The lowest BCUT2D eigenvalue weighted by atomic mass is 10.00. The fraction of sp³-hybridized carbons (Fsp3) is 0.250. The molecule has 8 nitrogen and oxygen atoms in total. The molecule has 3 aromatic rings. The van der Waals surface area contributed by atoms with Gasteiger partial charge in [-0.25, -0.2) is 4.79 Å². The molecule has 0 aliphatic heterocycles. The highest BCUT2D eigenvalue weighted by Crippen LogP contribution is 2.20. The van der Waals surface area contributed by atoms with Crippen molar-refractivity contribution in [3.8, 4) is 0 Å². The predicted molar refractivity (Wildman–Crippen MR) is 137 cm³/mol. The molecule has 0 unspecified atom stereocenters. The minimum atomic E-state index is -1.55. The Balaban J connectivity index is 1.64. The molecular formula is C28H31N3O5. The molecular weight excluding hydrogens is 458 g/mol. The van der Waals surface area contributed by atoms with Crippen molar-refractivity contribution >= 4 is 23.6 Å². The molecule has 4 N–H and O–H groups in total. The lowest BCUT2D eigenvalue weighted by Crippen LogP contribution is -2.42. The van der Waals surface area contributed by atoms with Crippen molar-refractivity contribution in [2.45, 2.75) is 45.1 Å². The van der Waals surface area contributed by atoms with Gasteiger partial charge < -0.3 is 25.8 Å². The van der Waals surface area contributed by atoms with Crippen LogP contribution >= 0.6 is 0 Å². The molecule has 0 radical (unpaired) electrons. The number of aliphatic hydroxyl groups excluding tert-OH is 1. The molecule has 0 aliphatic carbocycles. The van der Waals surface area contributed by atoms with E-state index in [1.807, 2.05) is 6.07 Å². The van der Waals surface area contributed by atoms with E-state index in [0.29, 0.717) is 16.8 Å². The van der Waals surface area contributed by atoms with E-state index in [2.05, 4.69) is 16.0 Å². The number of hydrogen-bond donors (Lipinski definition) is 4. The van der Waals surface area contributed by atoms with Crippen LogP contribution in [0.3, 0.4) is 0 Å². The molecule has 2 atom stereocenters. The van der Waals surface area contributed by atoms with Gasteiger partial charge in [-0.3, -0.25) is 9.59 Å². The maximum absolute atomic E-state index is 12.9. The summed E-state index contributed by atoms with van der Waals surface area (Å²) in [5, 5.41) is 19.0. The van der Waals surface area contributed by atoms with Crippen molar-refractivity contribution < 1.29 is 24.2 Å². The molecule has 0 fully saturated rings. The lowest BCUT2D eigenvalue weighted by molar-refractivity contribution is -0.125. The van der Waals surface area contributed by atoms with Crippen LogP contribution in [-0.2, 0) is 16.1 Å². The van der Waals surface area contributed by atoms with Crippen LogP contribution in [0, 0.1) is 0 Å². The molecule has 0 bridgehead atoms. The van der Waals surface area contributed by atoms with Gasteiger partial charge in [0, 0.05) is 17.8 Å². The van der Waals surface area contributed by atoms with Gasteiger partial charge in [0.25, 0.3) is 11.8 Å². The predicted octanol–water partition coefficient (Wildman–Crippen LogP) is 4.18. The Hall–Kier alpha value is -4.17. The summed E-state index contributed by atoms with van der Waals surface area (Å²) < 4.78 is 5.21. The number of aliphatic hydroxyl groups is 1. The molecule has 36 heavy (non-hydrogen) atoms.